The largest absolute Gasteiger partial charge is 0.304 e. The van der Waals surface area contributed by atoms with Gasteiger partial charge in [-0.25, -0.2) is 4.90 Å². The summed E-state index contributed by atoms with van der Waals surface area (Å²) in [4.78, 5) is 30.4. The van der Waals surface area contributed by atoms with Crippen LogP contribution in [0.15, 0.2) is 42.5 Å². The molecule has 2 aromatic rings. The van der Waals surface area contributed by atoms with Crippen molar-refractivity contribution in [2.75, 3.05) is 12.0 Å². The van der Waals surface area contributed by atoms with Gasteiger partial charge in [0, 0.05) is 5.39 Å². The first-order chi connectivity index (χ1) is 9.72. The summed E-state index contributed by atoms with van der Waals surface area (Å²) in [5.74, 6) is -0.505. The van der Waals surface area contributed by atoms with Crippen LogP contribution >= 0.6 is 0 Å². The average Bonchev–Trinajstić information content (AvgIpc) is 2.74. The summed E-state index contributed by atoms with van der Waals surface area (Å²) < 4.78 is 0. The van der Waals surface area contributed by atoms with E-state index in [1.165, 1.54) is 12.0 Å². The molecular formula is C15H14N2O3. The third-order valence-corrected chi connectivity index (χ3v) is 3.41. The molecule has 1 saturated heterocycles. The third-order valence-electron chi connectivity index (χ3n) is 3.41. The molecular weight excluding hydrogens is 256 g/mol. The maximum absolute atomic E-state index is 12.3. The predicted octanol–water partition coefficient (Wildman–Crippen LogP) is 1.62. The van der Waals surface area contributed by atoms with E-state index in [0.29, 0.717) is 5.69 Å². The fourth-order valence-corrected chi connectivity index (χ4v) is 2.52. The van der Waals surface area contributed by atoms with Crippen LogP contribution in [-0.4, -0.2) is 25.0 Å². The van der Waals surface area contributed by atoms with Crippen molar-refractivity contribution in [1.82, 2.24) is 5.48 Å². The fraction of sp³-hybridized carbons (Fsp3) is 0.200. The minimum atomic E-state index is -0.619. The molecule has 102 valence electrons. The number of anilines is 1. The molecule has 1 fully saturated rings. The minimum absolute atomic E-state index is 0.107. The SMILES string of the molecule is CONC1CC(=O)N(c2cccc3ccccc23)C1=O. The van der Waals surface area contributed by atoms with Gasteiger partial charge >= 0.3 is 0 Å². The number of hydrogen-bond acceptors (Lipinski definition) is 4. The Kier molecular flexibility index (Phi) is 3.22. The van der Waals surface area contributed by atoms with E-state index in [1.54, 1.807) is 6.07 Å². The fourth-order valence-electron chi connectivity index (χ4n) is 2.52. The Balaban J connectivity index is 2.07. The van der Waals surface area contributed by atoms with Crippen LogP contribution in [0.25, 0.3) is 10.8 Å². The molecule has 3 rings (SSSR count). The Hall–Kier alpha value is -2.24. The van der Waals surface area contributed by atoms with E-state index >= 15 is 0 Å². The van der Waals surface area contributed by atoms with E-state index in [4.69, 9.17) is 4.84 Å². The van der Waals surface area contributed by atoms with Gasteiger partial charge in [-0.3, -0.25) is 9.59 Å². The van der Waals surface area contributed by atoms with Gasteiger partial charge in [0.25, 0.3) is 5.91 Å². The Morgan fingerprint density at radius 3 is 2.70 bits per heavy atom. The number of hydroxylamine groups is 1. The smallest absolute Gasteiger partial charge is 0.253 e. The monoisotopic (exact) mass is 270 g/mol. The van der Waals surface area contributed by atoms with Gasteiger partial charge in [0.15, 0.2) is 0 Å². The molecule has 0 bridgehead atoms. The quantitative estimate of drug-likeness (QED) is 0.680. The summed E-state index contributed by atoms with van der Waals surface area (Å²) in [6.45, 7) is 0. The number of nitrogens with zero attached hydrogens (tertiary/aromatic N) is 1. The highest BCUT2D eigenvalue weighted by molar-refractivity contribution is 6.25. The summed E-state index contributed by atoms with van der Waals surface area (Å²) in [5, 5.41) is 1.88. The lowest BCUT2D eigenvalue weighted by atomic mass is 10.1. The summed E-state index contributed by atoms with van der Waals surface area (Å²) >= 11 is 0. The first kappa shape index (κ1) is 12.8. The summed E-state index contributed by atoms with van der Waals surface area (Å²) in [6.07, 6.45) is 0.107. The van der Waals surface area contributed by atoms with Crippen molar-refractivity contribution in [3.05, 3.63) is 42.5 Å². The number of fused-ring (bicyclic) bond motifs is 1. The van der Waals surface area contributed by atoms with Crippen LogP contribution in [-0.2, 0) is 14.4 Å². The molecule has 1 aliphatic rings. The summed E-state index contributed by atoms with van der Waals surface area (Å²) in [5.41, 5.74) is 3.18. The molecule has 0 spiro atoms. The standard InChI is InChI=1S/C15H14N2O3/c1-20-16-12-9-14(18)17(15(12)19)13-8-4-6-10-5-2-3-7-11(10)13/h2-8,12,16H,9H2,1H3. The van der Waals surface area contributed by atoms with Gasteiger partial charge in [0.05, 0.1) is 19.2 Å². The molecule has 2 amide bonds. The summed E-state index contributed by atoms with van der Waals surface area (Å²) in [6, 6.07) is 12.6. The second kappa shape index (κ2) is 5.03. The van der Waals surface area contributed by atoms with Gasteiger partial charge in [0.1, 0.15) is 6.04 Å². The van der Waals surface area contributed by atoms with Crippen molar-refractivity contribution in [3.63, 3.8) is 0 Å². The Morgan fingerprint density at radius 1 is 1.15 bits per heavy atom. The zero-order chi connectivity index (χ0) is 14.1. The van der Waals surface area contributed by atoms with E-state index in [2.05, 4.69) is 5.48 Å². The van der Waals surface area contributed by atoms with Crippen molar-refractivity contribution in [2.45, 2.75) is 12.5 Å². The number of imide groups is 1. The van der Waals surface area contributed by atoms with E-state index in [-0.39, 0.29) is 18.2 Å². The third kappa shape index (κ3) is 1.97. The van der Waals surface area contributed by atoms with Crippen molar-refractivity contribution < 1.29 is 14.4 Å². The number of carbonyl (C=O) groups is 2. The number of rotatable bonds is 3. The van der Waals surface area contributed by atoms with Gasteiger partial charge in [-0.15, -0.1) is 0 Å². The maximum Gasteiger partial charge on any atom is 0.253 e. The minimum Gasteiger partial charge on any atom is -0.304 e. The molecule has 5 nitrogen and oxygen atoms in total. The molecule has 1 atom stereocenters. The molecule has 5 heteroatoms. The van der Waals surface area contributed by atoms with Crippen molar-refractivity contribution >= 4 is 28.3 Å². The van der Waals surface area contributed by atoms with Crippen LogP contribution in [0, 0.1) is 0 Å². The maximum atomic E-state index is 12.3. The van der Waals surface area contributed by atoms with E-state index in [1.807, 2.05) is 36.4 Å². The molecule has 0 aromatic heterocycles. The van der Waals surface area contributed by atoms with E-state index in [0.717, 1.165) is 10.8 Å². The zero-order valence-electron chi connectivity index (χ0n) is 11.0. The van der Waals surface area contributed by atoms with Gasteiger partial charge in [0.2, 0.25) is 5.91 Å². The molecule has 1 aliphatic heterocycles. The van der Waals surface area contributed by atoms with Gasteiger partial charge < -0.3 is 4.84 Å². The van der Waals surface area contributed by atoms with Gasteiger partial charge in [-0.1, -0.05) is 36.4 Å². The lowest BCUT2D eigenvalue weighted by molar-refractivity contribution is -0.122. The van der Waals surface area contributed by atoms with Gasteiger partial charge in [-0.2, -0.15) is 5.48 Å². The molecule has 0 saturated carbocycles. The van der Waals surface area contributed by atoms with Crippen LogP contribution in [0.4, 0.5) is 5.69 Å². The van der Waals surface area contributed by atoms with Crippen molar-refractivity contribution in [3.8, 4) is 0 Å². The zero-order valence-corrected chi connectivity index (χ0v) is 11.0. The Bertz CT molecular complexity index is 678. The normalized spacial score (nSPS) is 19.1. The Morgan fingerprint density at radius 2 is 1.90 bits per heavy atom. The second-order valence-electron chi connectivity index (χ2n) is 4.64. The first-order valence-corrected chi connectivity index (χ1v) is 6.35. The van der Waals surface area contributed by atoms with E-state index < -0.39 is 6.04 Å². The first-order valence-electron chi connectivity index (χ1n) is 6.35. The number of nitrogens with one attached hydrogen (secondary N) is 1. The topological polar surface area (TPSA) is 58.6 Å². The number of amides is 2. The van der Waals surface area contributed by atoms with Crippen LogP contribution in [0.1, 0.15) is 6.42 Å². The predicted molar refractivity (Wildman–Crippen MR) is 75.0 cm³/mol. The molecule has 2 aromatic carbocycles. The average molecular weight is 270 g/mol. The summed E-state index contributed by atoms with van der Waals surface area (Å²) in [7, 11) is 1.43. The molecule has 1 N–H and O–H groups in total. The van der Waals surface area contributed by atoms with Crippen LogP contribution in [0.5, 0.6) is 0 Å². The molecule has 20 heavy (non-hydrogen) atoms. The number of carbonyl (C=O) groups excluding carboxylic acids is 2. The highest BCUT2D eigenvalue weighted by Gasteiger charge is 2.40. The van der Waals surface area contributed by atoms with Crippen LogP contribution < -0.4 is 10.4 Å². The van der Waals surface area contributed by atoms with Crippen LogP contribution in [0.3, 0.4) is 0 Å². The lowest BCUT2D eigenvalue weighted by Gasteiger charge is -2.17. The second-order valence-corrected chi connectivity index (χ2v) is 4.64. The lowest BCUT2D eigenvalue weighted by Crippen LogP contribution is -2.38. The molecule has 0 radical (unpaired) electrons. The highest BCUT2D eigenvalue weighted by atomic mass is 16.6. The van der Waals surface area contributed by atoms with Gasteiger partial charge in [-0.05, 0) is 11.5 Å². The van der Waals surface area contributed by atoms with E-state index in [9.17, 15) is 9.59 Å². The Labute approximate surface area is 116 Å². The van der Waals surface area contributed by atoms with Crippen molar-refractivity contribution in [1.29, 1.82) is 0 Å². The highest BCUT2D eigenvalue weighted by Crippen LogP contribution is 2.30. The molecule has 1 unspecified atom stereocenters. The number of benzene rings is 2. The van der Waals surface area contributed by atoms with Crippen LogP contribution in [0.2, 0.25) is 0 Å². The molecule has 1 heterocycles. The van der Waals surface area contributed by atoms with Crippen molar-refractivity contribution in [2.24, 2.45) is 0 Å². The molecule has 0 aliphatic carbocycles. The number of hydrogen-bond donors (Lipinski definition) is 1.